The summed E-state index contributed by atoms with van der Waals surface area (Å²) in [4.78, 5) is 22.2. The van der Waals surface area contributed by atoms with Gasteiger partial charge in [0.2, 0.25) is 5.91 Å². The summed E-state index contributed by atoms with van der Waals surface area (Å²) in [6, 6.07) is 3.56. The predicted octanol–water partition coefficient (Wildman–Crippen LogP) is 0.738. The molecular weight excluding hydrogens is 234 g/mol. The summed E-state index contributed by atoms with van der Waals surface area (Å²) < 4.78 is 4.54. The van der Waals surface area contributed by atoms with Crippen LogP contribution in [0, 0.1) is 0 Å². The number of nitrogens with one attached hydrogen (secondary N) is 2. The van der Waals surface area contributed by atoms with Gasteiger partial charge in [0.15, 0.2) is 0 Å². The van der Waals surface area contributed by atoms with Gasteiger partial charge in [-0.25, -0.2) is 0 Å². The number of amides is 1. The molecule has 0 saturated carbocycles. The highest BCUT2D eigenvalue weighted by molar-refractivity contribution is 6.00. The van der Waals surface area contributed by atoms with Crippen molar-refractivity contribution in [3.8, 4) is 0 Å². The van der Waals surface area contributed by atoms with Crippen LogP contribution in [0.25, 0.3) is 0 Å². The fourth-order valence-electron chi connectivity index (χ4n) is 1.85. The number of ether oxygens (including phenoxy) is 1. The Morgan fingerprint density at radius 2 is 2.33 bits per heavy atom. The second-order valence-corrected chi connectivity index (χ2v) is 4.07. The minimum Gasteiger partial charge on any atom is -0.469 e. The van der Waals surface area contributed by atoms with Gasteiger partial charge in [0.05, 0.1) is 31.3 Å². The van der Waals surface area contributed by atoms with Gasteiger partial charge >= 0.3 is 5.97 Å². The average Bonchev–Trinajstić information content (AvgIpc) is 2.68. The van der Waals surface area contributed by atoms with Crippen molar-refractivity contribution < 1.29 is 14.3 Å². The van der Waals surface area contributed by atoms with Crippen LogP contribution in [0.1, 0.15) is 12.0 Å². The number of hydrogen-bond acceptors (Lipinski definition) is 5. The number of nitrogen functional groups attached to an aromatic ring is 1. The van der Waals surface area contributed by atoms with Crippen LogP contribution in [0.5, 0.6) is 0 Å². The SMILES string of the molecule is COC(=O)CCNc1cc2c(cc1N)CC(=O)N2. The number of carbonyl (C=O) groups excluding carboxylic acids is 2. The van der Waals surface area contributed by atoms with Crippen LogP contribution in [-0.2, 0) is 20.7 Å². The molecule has 1 aliphatic heterocycles. The molecule has 0 fully saturated rings. The van der Waals surface area contributed by atoms with E-state index in [0.717, 1.165) is 11.3 Å². The molecule has 6 heteroatoms. The molecule has 0 spiro atoms. The first kappa shape index (κ1) is 12.2. The van der Waals surface area contributed by atoms with Crippen molar-refractivity contribution in [2.45, 2.75) is 12.8 Å². The maximum atomic E-state index is 11.2. The molecule has 0 atom stereocenters. The number of hydrogen-bond donors (Lipinski definition) is 3. The first-order chi connectivity index (χ1) is 8.60. The zero-order valence-corrected chi connectivity index (χ0v) is 10.1. The third-order valence-corrected chi connectivity index (χ3v) is 2.77. The summed E-state index contributed by atoms with van der Waals surface area (Å²) >= 11 is 0. The Bertz CT molecular complexity index is 500. The van der Waals surface area contributed by atoms with Crippen molar-refractivity contribution in [3.05, 3.63) is 17.7 Å². The molecule has 2 rings (SSSR count). The zero-order chi connectivity index (χ0) is 13.1. The normalized spacial score (nSPS) is 12.8. The second-order valence-electron chi connectivity index (χ2n) is 4.07. The molecule has 6 nitrogen and oxygen atoms in total. The van der Waals surface area contributed by atoms with E-state index in [1.807, 2.05) is 0 Å². The van der Waals surface area contributed by atoms with E-state index >= 15 is 0 Å². The molecule has 1 heterocycles. The number of methoxy groups -OCH3 is 1. The highest BCUT2D eigenvalue weighted by Crippen LogP contribution is 2.31. The Labute approximate surface area is 104 Å². The van der Waals surface area contributed by atoms with E-state index in [2.05, 4.69) is 15.4 Å². The average molecular weight is 249 g/mol. The van der Waals surface area contributed by atoms with Crippen molar-refractivity contribution >= 4 is 28.9 Å². The van der Waals surface area contributed by atoms with Gasteiger partial charge in [-0.2, -0.15) is 0 Å². The van der Waals surface area contributed by atoms with Crippen LogP contribution >= 0.6 is 0 Å². The van der Waals surface area contributed by atoms with E-state index in [-0.39, 0.29) is 18.3 Å². The summed E-state index contributed by atoms with van der Waals surface area (Å²) in [5.74, 6) is -0.313. The number of anilines is 3. The first-order valence-electron chi connectivity index (χ1n) is 5.63. The molecule has 96 valence electrons. The molecular formula is C12H15N3O3. The number of benzene rings is 1. The molecule has 1 aromatic carbocycles. The van der Waals surface area contributed by atoms with Crippen LogP contribution in [0.15, 0.2) is 12.1 Å². The lowest BCUT2D eigenvalue weighted by atomic mass is 10.1. The van der Waals surface area contributed by atoms with Crippen LogP contribution in [-0.4, -0.2) is 25.5 Å². The van der Waals surface area contributed by atoms with Crippen molar-refractivity contribution in [1.29, 1.82) is 0 Å². The standard InChI is InChI=1S/C12H15N3O3/c1-18-12(17)2-3-14-10-6-9-7(4-8(10)13)5-11(16)15-9/h4,6,14H,2-3,5,13H2,1H3,(H,15,16). The summed E-state index contributed by atoms with van der Waals surface area (Å²) in [7, 11) is 1.35. The molecule has 0 bridgehead atoms. The Morgan fingerprint density at radius 1 is 1.56 bits per heavy atom. The number of rotatable bonds is 4. The Kier molecular flexibility index (Phi) is 3.36. The smallest absolute Gasteiger partial charge is 0.307 e. The molecule has 0 aliphatic carbocycles. The summed E-state index contributed by atoms with van der Waals surface area (Å²) in [5, 5.41) is 5.79. The third kappa shape index (κ3) is 2.53. The van der Waals surface area contributed by atoms with E-state index < -0.39 is 0 Å². The Morgan fingerprint density at radius 3 is 3.06 bits per heavy atom. The molecule has 1 aliphatic rings. The van der Waals surface area contributed by atoms with Crippen molar-refractivity contribution in [2.24, 2.45) is 0 Å². The Hall–Kier alpha value is -2.24. The van der Waals surface area contributed by atoms with E-state index in [4.69, 9.17) is 5.73 Å². The number of esters is 1. The van der Waals surface area contributed by atoms with Crippen molar-refractivity contribution in [1.82, 2.24) is 0 Å². The van der Waals surface area contributed by atoms with Gasteiger partial charge in [-0.05, 0) is 17.7 Å². The summed E-state index contributed by atoms with van der Waals surface area (Å²) in [5.41, 5.74) is 8.82. The largest absolute Gasteiger partial charge is 0.469 e. The molecule has 4 N–H and O–H groups in total. The number of carbonyl (C=O) groups is 2. The summed E-state index contributed by atoms with van der Waals surface area (Å²) in [6.07, 6.45) is 0.626. The minimum atomic E-state index is -0.282. The third-order valence-electron chi connectivity index (χ3n) is 2.77. The van der Waals surface area contributed by atoms with Gasteiger partial charge in [-0.15, -0.1) is 0 Å². The van der Waals surface area contributed by atoms with Crippen LogP contribution in [0.2, 0.25) is 0 Å². The Balaban J connectivity index is 2.03. The van der Waals surface area contributed by atoms with Gasteiger partial charge in [-0.1, -0.05) is 0 Å². The lowest BCUT2D eigenvalue weighted by Gasteiger charge is -2.10. The first-order valence-corrected chi connectivity index (χ1v) is 5.63. The predicted molar refractivity (Wildman–Crippen MR) is 68.3 cm³/mol. The maximum absolute atomic E-state index is 11.2. The van der Waals surface area contributed by atoms with Gasteiger partial charge in [0.25, 0.3) is 0 Å². The fraction of sp³-hybridized carbons (Fsp3) is 0.333. The lowest BCUT2D eigenvalue weighted by Crippen LogP contribution is -2.11. The second kappa shape index (κ2) is 4.95. The van der Waals surface area contributed by atoms with Gasteiger partial charge in [0.1, 0.15) is 0 Å². The molecule has 18 heavy (non-hydrogen) atoms. The van der Waals surface area contributed by atoms with Crippen LogP contribution in [0.4, 0.5) is 17.1 Å². The molecule has 0 unspecified atom stereocenters. The van der Waals surface area contributed by atoms with E-state index in [1.54, 1.807) is 12.1 Å². The van der Waals surface area contributed by atoms with Gasteiger partial charge in [0, 0.05) is 12.2 Å². The molecule has 0 saturated heterocycles. The van der Waals surface area contributed by atoms with Crippen LogP contribution < -0.4 is 16.4 Å². The van der Waals surface area contributed by atoms with Gasteiger partial charge < -0.3 is 21.1 Å². The highest BCUT2D eigenvalue weighted by Gasteiger charge is 2.19. The topological polar surface area (TPSA) is 93.4 Å². The quantitative estimate of drug-likeness (QED) is 0.540. The molecule has 0 aromatic heterocycles. The number of fused-ring (bicyclic) bond motifs is 1. The molecule has 0 radical (unpaired) electrons. The maximum Gasteiger partial charge on any atom is 0.307 e. The van der Waals surface area contributed by atoms with Crippen molar-refractivity contribution in [2.75, 3.05) is 30.0 Å². The lowest BCUT2D eigenvalue weighted by molar-refractivity contribution is -0.140. The molecule has 1 amide bonds. The van der Waals surface area contributed by atoms with Gasteiger partial charge in [-0.3, -0.25) is 9.59 Å². The van der Waals surface area contributed by atoms with Crippen LogP contribution in [0.3, 0.4) is 0 Å². The van der Waals surface area contributed by atoms with E-state index in [9.17, 15) is 9.59 Å². The zero-order valence-electron chi connectivity index (χ0n) is 10.1. The van der Waals surface area contributed by atoms with Crippen molar-refractivity contribution in [3.63, 3.8) is 0 Å². The van der Waals surface area contributed by atoms with E-state index in [1.165, 1.54) is 7.11 Å². The van der Waals surface area contributed by atoms with E-state index in [0.29, 0.717) is 24.3 Å². The monoisotopic (exact) mass is 249 g/mol. The highest BCUT2D eigenvalue weighted by atomic mass is 16.5. The molecule has 1 aromatic rings. The summed E-state index contributed by atoms with van der Waals surface area (Å²) in [6.45, 7) is 0.434. The fourth-order valence-corrected chi connectivity index (χ4v) is 1.85. The minimum absolute atomic E-state index is 0.0314. The number of nitrogens with two attached hydrogens (primary N) is 1.